The van der Waals surface area contributed by atoms with Crippen LogP contribution in [0.3, 0.4) is 0 Å². The van der Waals surface area contributed by atoms with Gasteiger partial charge in [-0.05, 0) is 51.9 Å². The predicted molar refractivity (Wildman–Crippen MR) is 69.8 cm³/mol. The van der Waals surface area contributed by atoms with Crippen molar-refractivity contribution in [2.45, 2.75) is 12.8 Å². The van der Waals surface area contributed by atoms with E-state index in [9.17, 15) is 0 Å². The van der Waals surface area contributed by atoms with E-state index < -0.39 is 0 Å². The monoisotopic (exact) mass is 297 g/mol. The predicted octanol–water partition coefficient (Wildman–Crippen LogP) is 2.79. The fourth-order valence-corrected chi connectivity index (χ4v) is 3.92. The molecule has 0 amide bonds. The molecule has 0 aliphatic carbocycles. The molecule has 2 aromatic heterocycles. The Bertz CT molecular complexity index is 505. The van der Waals surface area contributed by atoms with Crippen LogP contribution < -0.4 is 0 Å². The van der Waals surface area contributed by atoms with Crippen LogP contribution in [0, 0.1) is 5.92 Å². The lowest BCUT2D eigenvalue weighted by Crippen LogP contribution is -2.06. The molecule has 3 nitrogen and oxygen atoms in total. The maximum atomic E-state index is 4.29. The van der Waals surface area contributed by atoms with Crippen molar-refractivity contribution in [1.82, 2.24) is 14.6 Å². The van der Waals surface area contributed by atoms with E-state index in [1.165, 1.54) is 17.9 Å². The van der Waals surface area contributed by atoms with E-state index in [1.807, 2.05) is 30.0 Å². The Kier molecular flexibility index (Phi) is 2.90. The van der Waals surface area contributed by atoms with E-state index in [0.29, 0.717) is 0 Å². The van der Waals surface area contributed by atoms with E-state index >= 15 is 0 Å². The molecule has 0 aromatic carbocycles. The number of rotatable bonds is 2. The van der Waals surface area contributed by atoms with Gasteiger partial charge in [0, 0.05) is 6.42 Å². The lowest BCUT2D eigenvalue weighted by Gasteiger charge is -2.06. The molecule has 1 unspecified atom stereocenters. The molecule has 1 fully saturated rings. The van der Waals surface area contributed by atoms with Crippen LogP contribution in [0.1, 0.15) is 12.2 Å². The second-order valence-electron chi connectivity index (χ2n) is 4.09. The third-order valence-electron chi connectivity index (χ3n) is 2.94. The number of aromatic nitrogens is 3. The van der Waals surface area contributed by atoms with Crippen molar-refractivity contribution in [2.24, 2.45) is 5.92 Å². The Morgan fingerprint density at radius 2 is 2.38 bits per heavy atom. The smallest absolute Gasteiger partial charge is 0.161 e. The van der Waals surface area contributed by atoms with Crippen molar-refractivity contribution in [2.75, 3.05) is 11.5 Å². The number of hydrogen-bond acceptors (Lipinski definition) is 3. The van der Waals surface area contributed by atoms with Gasteiger partial charge in [0.25, 0.3) is 0 Å². The molecule has 5 heteroatoms. The minimum absolute atomic E-state index is 0.768. The third-order valence-corrected chi connectivity index (χ3v) is 4.79. The molecule has 0 bridgehead atoms. The Hall–Kier alpha value is -0.550. The van der Waals surface area contributed by atoms with Crippen LogP contribution >= 0.6 is 27.7 Å². The first-order valence-corrected chi connectivity index (χ1v) is 7.35. The Balaban J connectivity index is 1.97. The fourth-order valence-electron chi connectivity index (χ4n) is 2.09. The van der Waals surface area contributed by atoms with Crippen LogP contribution in [-0.4, -0.2) is 26.1 Å². The molecule has 1 saturated heterocycles. The lowest BCUT2D eigenvalue weighted by atomic mass is 10.1. The van der Waals surface area contributed by atoms with Gasteiger partial charge < -0.3 is 0 Å². The maximum Gasteiger partial charge on any atom is 0.161 e. The summed E-state index contributed by atoms with van der Waals surface area (Å²) < 4.78 is 3.14. The first-order valence-electron chi connectivity index (χ1n) is 5.41. The summed E-state index contributed by atoms with van der Waals surface area (Å²) in [6, 6.07) is 6.01. The molecule has 84 valence electrons. The van der Waals surface area contributed by atoms with Gasteiger partial charge in [0.05, 0.1) is 4.60 Å². The fraction of sp³-hybridized carbons (Fsp3) is 0.455. The third kappa shape index (κ3) is 1.86. The topological polar surface area (TPSA) is 30.2 Å². The molecule has 1 aliphatic heterocycles. The van der Waals surface area contributed by atoms with Crippen molar-refractivity contribution in [1.29, 1.82) is 0 Å². The number of thioether (sulfide) groups is 1. The minimum Gasteiger partial charge on any atom is -0.273 e. The van der Waals surface area contributed by atoms with Crippen LogP contribution in [0.25, 0.3) is 5.65 Å². The highest BCUT2D eigenvalue weighted by molar-refractivity contribution is 9.10. The highest BCUT2D eigenvalue weighted by atomic mass is 79.9. The Morgan fingerprint density at radius 3 is 3.19 bits per heavy atom. The summed E-state index contributed by atoms with van der Waals surface area (Å²) in [4.78, 5) is 0. The van der Waals surface area contributed by atoms with Gasteiger partial charge in [-0.15, -0.1) is 10.2 Å². The molecule has 2 aromatic rings. The second kappa shape index (κ2) is 4.37. The zero-order valence-corrected chi connectivity index (χ0v) is 11.2. The van der Waals surface area contributed by atoms with Crippen LogP contribution in [0.5, 0.6) is 0 Å². The Morgan fingerprint density at radius 1 is 1.44 bits per heavy atom. The summed E-state index contributed by atoms with van der Waals surface area (Å²) in [5.41, 5.74) is 0.926. The zero-order valence-electron chi connectivity index (χ0n) is 8.77. The van der Waals surface area contributed by atoms with E-state index in [0.717, 1.165) is 28.4 Å². The summed E-state index contributed by atoms with van der Waals surface area (Å²) in [6.07, 6.45) is 2.35. The summed E-state index contributed by atoms with van der Waals surface area (Å²) in [6.45, 7) is 0. The normalized spacial score (nSPS) is 20.7. The highest BCUT2D eigenvalue weighted by Crippen LogP contribution is 2.27. The molecule has 0 N–H and O–H groups in total. The minimum atomic E-state index is 0.768. The van der Waals surface area contributed by atoms with Gasteiger partial charge in [-0.3, -0.25) is 4.40 Å². The number of fused-ring (bicyclic) bond motifs is 1. The molecule has 0 spiro atoms. The number of hydrogen-bond donors (Lipinski definition) is 0. The van der Waals surface area contributed by atoms with Crippen molar-refractivity contribution < 1.29 is 0 Å². The SMILES string of the molecule is Brc1cccc2nnc(CC3CCSC3)n12. The van der Waals surface area contributed by atoms with Gasteiger partial charge in [0.2, 0.25) is 0 Å². The highest BCUT2D eigenvalue weighted by Gasteiger charge is 2.19. The number of halogens is 1. The average molecular weight is 298 g/mol. The van der Waals surface area contributed by atoms with Gasteiger partial charge in [-0.2, -0.15) is 11.8 Å². The molecule has 1 atom stereocenters. The summed E-state index contributed by atoms with van der Waals surface area (Å²) >= 11 is 5.60. The molecule has 0 radical (unpaired) electrons. The van der Waals surface area contributed by atoms with E-state index in [4.69, 9.17) is 0 Å². The van der Waals surface area contributed by atoms with Crippen LogP contribution in [0.2, 0.25) is 0 Å². The molecule has 3 heterocycles. The summed E-state index contributed by atoms with van der Waals surface area (Å²) in [5, 5.41) is 8.49. The zero-order chi connectivity index (χ0) is 11.0. The van der Waals surface area contributed by atoms with Crippen LogP contribution in [0.4, 0.5) is 0 Å². The molecular formula is C11H12BrN3S. The standard InChI is InChI=1S/C11H12BrN3S/c12-9-2-1-3-10-13-14-11(15(9)10)6-8-4-5-16-7-8/h1-3,8H,4-7H2. The summed E-state index contributed by atoms with van der Waals surface area (Å²) in [5.74, 6) is 4.40. The number of nitrogens with zero attached hydrogens (tertiary/aromatic N) is 3. The van der Waals surface area contributed by atoms with Crippen molar-refractivity contribution in [3.8, 4) is 0 Å². The molecular weight excluding hydrogens is 286 g/mol. The second-order valence-corrected chi connectivity index (χ2v) is 6.05. The van der Waals surface area contributed by atoms with Crippen molar-refractivity contribution >= 4 is 33.3 Å². The largest absolute Gasteiger partial charge is 0.273 e. The van der Waals surface area contributed by atoms with Crippen LogP contribution in [0.15, 0.2) is 22.8 Å². The maximum absolute atomic E-state index is 4.29. The lowest BCUT2D eigenvalue weighted by molar-refractivity contribution is 0.571. The van der Waals surface area contributed by atoms with Gasteiger partial charge in [-0.1, -0.05) is 6.07 Å². The quantitative estimate of drug-likeness (QED) is 0.799. The van der Waals surface area contributed by atoms with Crippen LogP contribution in [-0.2, 0) is 6.42 Å². The van der Waals surface area contributed by atoms with Gasteiger partial charge >= 0.3 is 0 Å². The van der Waals surface area contributed by atoms with E-state index in [-0.39, 0.29) is 0 Å². The molecule has 1 aliphatic rings. The van der Waals surface area contributed by atoms with E-state index in [1.54, 1.807) is 0 Å². The average Bonchev–Trinajstić information content (AvgIpc) is 2.90. The van der Waals surface area contributed by atoms with Gasteiger partial charge in [0.15, 0.2) is 5.65 Å². The molecule has 0 saturated carbocycles. The molecule has 16 heavy (non-hydrogen) atoms. The van der Waals surface area contributed by atoms with Crippen molar-refractivity contribution in [3.05, 3.63) is 28.6 Å². The van der Waals surface area contributed by atoms with Crippen molar-refractivity contribution in [3.63, 3.8) is 0 Å². The molecule has 3 rings (SSSR count). The summed E-state index contributed by atoms with van der Waals surface area (Å²) in [7, 11) is 0. The first kappa shape index (κ1) is 10.6. The van der Waals surface area contributed by atoms with E-state index in [2.05, 4.69) is 30.5 Å². The van der Waals surface area contributed by atoms with Gasteiger partial charge in [0.1, 0.15) is 5.82 Å². The Labute approximate surface area is 107 Å². The number of pyridine rings is 1. The first-order chi connectivity index (χ1) is 7.84. The van der Waals surface area contributed by atoms with Gasteiger partial charge in [-0.25, -0.2) is 0 Å².